The normalized spacial score (nSPS) is 17.8. The molecule has 12 heteroatoms. The van der Waals surface area contributed by atoms with E-state index in [1.807, 2.05) is 62.4 Å². The summed E-state index contributed by atoms with van der Waals surface area (Å²) >= 11 is 4.07. The second kappa shape index (κ2) is 16.0. The third kappa shape index (κ3) is 7.98. The van der Waals surface area contributed by atoms with E-state index in [0.717, 1.165) is 73.6 Å². The molecule has 2 aromatic rings. The molecule has 4 amide bonds. The summed E-state index contributed by atoms with van der Waals surface area (Å²) in [5.74, 6) is -1.60. The lowest BCUT2D eigenvalue weighted by Gasteiger charge is -2.30. The molecule has 0 saturated heterocycles. The number of hydroxylamine groups is 2. The van der Waals surface area contributed by atoms with Crippen LogP contribution in [0.4, 0.5) is 0 Å². The first-order valence-electron chi connectivity index (χ1n) is 15.0. The van der Waals surface area contributed by atoms with Crippen LogP contribution in [0.5, 0.6) is 0 Å². The number of thiol groups is 1. The van der Waals surface area contributed by atoms with Crippen LogP contribution in [0.3, 0.4) is 0 Å². The average Bonchev–Trinajstić information content (AvgIpc) is 3.75. The number of carbonyl (C=O) groups is 4. The number of hydrogen-bond donors (Lipinski definition) is 8. The fourth-order valence-corrected chi connectivity index (χ4v) is 6.43. The molecule has 2 fully saturated rings. The fourth-order valence-electron chi connectivity index (χ4n) is 6.17. The summed E-state index contributed by atoms with van der Waals surface area (Å²) in [6.45, 7) is 3.94. The summed E-state index contributed by atoms with van der Waals surface area (Å²) in [4.78, 5) is 48.7. The summed E-state index contributed by atoms with van der Waals surface area (Å²) in [7, 11) is 0. The number of nitrogens with two attached hydrogens (primary N) is 1. The van der Waals surface area contributed by atoms with Crippen molar-refractivity contribution in [3.63, 3.8) is 0 Å². The van der Waals surface area contributed by atoms with Crippen molar-refractivity contribution >= 4 is 36.3 Å². The van der Waals surface area contributed by atoms with Crippen molar-refractivity contribution in [1.82, 2.24) is 21.6 Å². The van der Waals surface area contributed by atoms with E-state index in [2.05, 4.69) is 23.3 Å². The molecule has 2 aliphatic rings. The highest BCUT2D eigenvalue weighted by Gasteiger charge is 2.44. The van der Waals surface area contributed by atoms with Crippen molar-refractivity contribution in [2.45, 2.75) is 88.1 Å². The number of carbonyl (C=O) groups excluding carboxylic acids is 4. The fraction of sp³-hybridized carbons (Fsp3) is 0.500. The molecule has 0 radical (unpaired) electrons. The van der Waals surface area contributed by atoms with E-state index in [9.17, 15) is 19.2 Å². The summed E-state index contributed by atoms with van der Waals surface area (Å²) in [5.41, 5.74) is 11.6. The quantitative estimate of drug-likeness (QED) is 0.113. The van der Waals surface area contributed by atoms with Gasteiger partial charge in [-0.15, -0.1) is 0 Å². The molecule has 240 valence electrons. The SMILES string of the molecule is Cc1ccc(C2(C(=O)NC(CN)C(=O)NO)CCCC2)cc1.Cc1ccc(C2(C(=O)NC(CS)C(=O)NO)CCCC2)cc1. The Balaban J connectivity index is 0.000000240. The zero-order valence-corrected chi connectivity index (χ0v) is 26.3. The van der Waals surface area contributed by atoms with Crippen molar-refractivity contribution in [3.05, 3.63) is 70.8 Å². The Bertz CT molecular complexity index is 1180. The molecule has 2 aliphatic carbocycles. The Morgan fingerprint density at radius 1 is 0.705 bits per heavy atom. The first kappa shape index (κ1) is 35.0. The zero-order chi connectivity index (χ0) is 32.3. The average molecular weight is 628 g/mol. The first-order chi connectivity index (χ1) is 21.1. The lowest BCUT2D eigenvalue weighted by atomic mass is 9.77. The van der Waals surface area contributed by atoms with Gasteiger partial charge in [-0.1, -0.05) is 85.3 Å². The van der Waals surface area contributed by atoms with E-state index in [-0.39, 0.29) is 24.1 Å². The van der Waals surface area contributed by atoms with Crippen LogP contribution in [-0.2, 0) is 30.0 Å². The van der Waals surface area contributed by atoms with Crippen LogP contribution in [0.25, 0.3) is 0 Å². The van der Waals surface area contributed by atoms with Gasteiger partial charge in [0.2, 0.25) is 11.8 Å². The molecule has 0 bridgehead atoms. The van der Waals surface area contributed by atoms with E-state index in [1.165, 1.54) is 5.48 Å². The topological polar surface area (TPSA) is 183 Å². The van der Waals surface area contributed by atoms with Crippen molar-refractivity contribution < 1.29 is 29.6 Å². The number of hydrogen-bond acceptors (Lipinski definition) is 8. The number of nitrogens with one attached hydrogen (secondary N) is 4. The number of amides is 4. The van der Waals surface area contributed by atoms with Gasteiger partial charge >= 0.3 is 0 Å². The molecule has 0 spiro atoms. The van der Waals surface area contributed by atoms with Gasteiger partial charge in [0.1, 0.15) is 12.1 Å². The van der Waals surface area contributed by atoms with E-state index >= 15 is 0 Å². The van der Waals surface area contributed by atoms with Gasteiger partial charge in [-0.05, 0) is 50.7 Å². The van der Waals surface area contributed by atoms with Gasteiger partial charge in [0.15, 0.2) is 0 Å². The molecule has 8 N–H and O–H groups in total. The predicted octanol–water partition coefficient (Wildman–Crippen LogP) is 2.48. The molecule has 2 atom stereocenters. The minimum atomic E-state index is -0.930. The van der Waals surface area contributed by atoms with Crippen LogP contribution >= 0.6 is 12.6 Å². The van der Waals surface area contributed by atoms with Crippen LogP contribution in [0.2, 0.25) is 0 Å². The van der Waals surface area contributed by atoms with Crippen LogP contribution in [0, 0.1) is 13.8 Å². The minimum Gasteiger partial charge on any atom is -0.343 e. The molecular weight excluding hydrogens is 582 g/mol. The second-order valence-electron chi connectivity index (χ2n) is 11.7. The highest BCUT2D eigenvalue weighted by Crippen LogP contribution is 2.42. The maximum absolute atomic E-state index is 12.8. The van der Waals surface area contributed by atoms with Gasteiger partial charge in [-0.25, -0.2) is 11.0 Å². The van der Waals surface area contributed by atoms with Crippen LogP contribution in [0.15, 0.2) is 48.5 Å². The van der Waals surface area contributed by atoms with Gasteiger partial charge in [0.25, 0.3) is 11.8 Å². The van der Waals surface area contributed by atoms with Crippen LogP contribution in [0.1, 0.15) is 73.6 Å². The molecule has 0 aromatic heterocycles. The molecule has 2 aromatic carbocycles. The highest BCUT2D eigenvalue weighted by atomic mass is 32.1. The first-order valence-corrected chi connectivity index (χ1v) is 15.6. The van der Waals surface area contributed by atoms with Gasteiger partial charge in [0.05, 0.1) is 10.8 Å². The molecule has 44 heavy (non-hydrogen) atoms. The van der Waals surface area contributed by atoms with Crippen molar-refractivity contribution in [2.75, 3.05) is 12.3 Å². The van der Waals surface area contributed by atoms with Gasteiger partial charge in [-0.3, -0.25) is 29.6 Å². The molecule has 2 saturated carbocycles. The molecule has 2 unspecified atom stereocenters. The summed E-state index contributed by atoms with van der Waals surface area (Å²) in [5, 5.41) is 22.9. The number of benzene rings is 2. The Hall–Kier alpha value is -3.45. The molecule has 11 nitrogen and oxygen atoms in total. The Morgan fingerprint density at radius 3 is 1.36 bits per heavy atom. The maximum Gasteiger partial charge on any atom is 0.267 e. The Labute approximate surface area is 264 Å². The zero-order valence-electron chi connectivity index (χ0n) is 25.4. The van der Waals surface area contributed by atoms with E-state index in [4.69, 9.17) is 16.1 Å². The lowest BCUT2D eigenvalue weighted by Crippen LogP contribution is -2.54. The largest absolute Gasteiger partial charge is 0.343 e. The summed E-state index contributed by atoms with van der Waals surface area (Å²) < 4.78 is 0. The summed E-state index contributed by atoms with van der Waals surface area (Å²) in [6.07, 6.45) is 6.95. The van der Waals surface area contributed by atoms with Crippen molar-refractivity contribution in [3.8, 4) is 0 Å². The van der Waals surface area contributed by atoms with Gasteiger partial charge in [-0.2, -0.15) is 12.6 Å². The monoisotopic (exact) mass is 627 g/mol. The van der Waals surface area contributed by atoms with Gasteiger partial charge < -0.3 is 16.4 Å². The van der Waals surface area contributed by atoms with Crippen LogP contribution in [-0.4, -0.2) is 58.4 Å². The third-order valence-electron chi connectivity index (χ3n) is 8.87. The number of aryl methyl sites for hydroxylation is 2. The Morgan fingerprint density at radius 2 is 1.05 bits per heavy atom. The number of rotatable bonds is 10. The van der Waals surface area contributed by atoms with E-state index in [1.54, 1.807) is 5.48 Å². The molecule has 4 rings (SSSR count). The molecular formula is C32H45N5O6S. The van der Waals surface area contributed by atoms with Crippen molar-refractivity contribution in [2.24, 2.45) is 5.73 Å². The Kier molecular flexibility index (Phi) is 12.8. The summed E-state index contributed by atoms with van der Waals surface area (Å²) in [6, 6.07) is 14.1. The van der Waals surface area contributed by atoms with Gasteiger partial charge in [0, 0.05) is 12.3 Å². The highest BCUT2D eigenvalue weighted by molar-refractivity contribution is 7.80. The lowest BCUT2D eigenvalue weighted by molar-refractivity contribution is -0.136. The predicted molar refractivity (Wildman–Crippen MR) is 169 cm³/mol. The van der Waals surface area contributed by atoms with Crippen LogP contribution < -0.4 is 27.3 Å². The molecule has 0 heterocycles. The second-order valence-corrected chi connectivity index (χ2v) is 12.1. The maximum atomic E-state index is 12.8. The smallest absolute Gasteiger partial charge is 0.267 e. The van der Waals surface area contributed by atoms with E-state index in [0.29, 0.717) is 0 Å². The van der Waals surface area contributed by atoms with Crippen molar-refractivity contribution in [1.29, 1.82) is 0 Å². The molecule has 0 aliphatic heterocycles. The minimum absolute atomic E-state index is 0.0674. The van der Waals surface area contributed by atoms with E-state index < -0.39 is 34.7 Å². The third-order valence-corrected chi connectivity index (χ3v) is 9.24. The standard InChI is InChI=1S/C16H23N3O3.C16H22N2O3S/c1-11-4-6-12(7-5-11)16(8-2-3-9-16)15(21)18-13(10-17)14(20)19-22;1-11-4-6-12(7-5-11)16(8-2-3-9-16)15(20)17-13(10-22)14(19)18-21/h4-7,13,22H,2-3,8-10,17H2,1H3,(H,18,21)(H,19,20);4-7,13,21-22H,2-3,8-10H2,1H3,(H,17,20)(H,18,19).